The smallest absolute Gasteiger partial charge is 0.170 e. The fourth-order valence-electron chi connectivity index (χ4n) is 10.9. The summed E-state index contributed by atoms with van der Waals surface area (Å²) in [6.45, 7) is 0. The molecule has 0 unspecified atom stereocenters. The Morgan fingerprint density at radius 2 is 0.757 bits per heavy atom. The number of anilines is 3. The Morgan fingerprint density at radius 1 is 0.257 bits per heavy atom. The van der Waals surface area contributed by atoms with Gasteiger partial charge in [-0.3, -0.25) is 0 Å². The lowest BCUT2D eigenvalue weighted by Gasteiger charge is -2.34. The van der Waals surface area contributed by atoms with Crippen molar-refractivity contribution in [1.29, 1.82) is 0 Å². The van der Waals surface area contributed by atoms with Gasteiger partial charge in [0.2, 0.25) is 0 Å². The molecule has 0 radical (unpaired) electrons. The van der Waals surface area contributed by atoms with Crippen molar-refractivity contribution < 1.29 is 9.47 Å². The van der Waals surface area contributed by atoms with Gasteiger partial charge in [0.1, 0.15) is 0 Å². The molecule has 1 aliphatic carbocycles. The third kappa shape index (κ3) is 6.90. The van der Waals surface area contributed by atoms with Gasteiger partial charge in [-0.1, -0.05) is 218 Å². The van der Waals surface area contributed by atoms with Crippen LogP contribution in [-0.4, -0.2) is 0 Å². The van der Waals surface area contributed by atoms with Gasteiger partial charge in [0, 0.05) is 16.9 Å². The maximum Gasteiger partial charge on any atom is 0.170 e. The molecule has 330 valence electrons. The van der Waals surface area contributed by atoms with Gasteiger partial charge in [0.25, 0.3) is 0 Å². The van der Waals surface area contributed by atoms with Gasteiger partial charge in [0.05, 0.1) is 11.1 Å². The fourth-order valence-corrected chi connectivity index (χ4v) is 10.9. The number of fused-ring (bicyclic) bond motifs is 5. The summed E-state index contributed by atoms with van der Waals surface area (Å²) < 4.78 is 13.6. The van der Waals surface area contributed by atoms with Gasteiger partial charge in [-0.05, 0) is 127 Å². The van der Waals surface area contributed by atoms with E-state index in [0.717, 1.165) is 44.9 Å². The number of benzene rings is 11. The SMILES string of the molecule is c1ccc(-c2ccc(N(c3ccccc3)c3ccccc3-c3ccc(-c4ccc5c(c4)Oc4cc6c(cc4O5)-c4ccccc4C6(c4ccccc4)c4ccccc4)cc3)cc2-c2ccccc2)cc1. The zero-order valence-corrected chi connectivity index (χ0v) is 38.2. The van der Waals surface area contributed by atoms with E-state index in [2.05, 4.69) is 272 Å². The van der Waals surface area contributed by atoms with E-state index >= 15 is 0 Å². The van der Waals surface area contributed by atoms with Crippen molar-refractivity contribution in [3.8, 4) is 78.6 Å². The average molecular weight is 896 g/mol. The largest absolute Gasteiger partial charge is 0.449 e. The molecule has 0 fully saturated rings. The van der Waals surface area contributed by atoms with Gasteiger partial charge in [-0.2, -0.15) is 0 Å². The molecule has 0 saturated carbocycles. The van der Waals surface area contributed by atoms with Crippen LogP contribution in [0.2, 0.25) is 0 Å². The van der Waals surface area contributed by atoms with E-state index in [0.29, 0.717) is 23.0 Å². The first-order valence-corrected chi connectivity index (χ1v) is 23.9. The van der Waals surface area contributed by atoms with E-state index in [1.54, 1.807) is 0 Å². The van der Waals surface area contributed by atoms with Gasteiger partial charge in [-0.25, -0.2) is 0 Å². The Morgan fingerprint density at radius 3 is 1.44 bits per heavy atom. The maximum absolute atomic E-state index is 6.89. The highest BCUT2D eigenvalue weighted by molar-refractivity contribution is 5.93. The molecule has 0 N–H and O–H groups in total. The molecule has 11 aromatic carbocycles. The summed E-state index contributed by atoms with van der Waals surface area (Å²) in [5.41, 5.74) is 19.0. The number of para-hydroxylation sites is 2. The van der Waals surface area contributed by atoms with E-state index < -0.39 is 5.41 Å². The van der Waals surface area contributed by atoms with E-state index in [-0.39, 0.29) is 0 Å². The number of nitrogens with zero attached hydrogens (tertiary/aromatic N) is 1. The number of hydrogen-bond acceptors (Lipinski definition) is 3. The fraction of sp³-hybridized carbons (Fsp3) is 0.0149. The summed E-state index contributed by atoms with van der Waals surface area (Å²) in [6, 6.07) is 97.5. The zero-order chi connectivity index (χ0) is 46.4. The van der Waals surface area contributed by atoms with Crippen LogP contribution in [0.4, 0.5) is 17.1 Å². The minimum absolute atomic E-state index is 0.536. The minimum atomic E-state index is -0.536. The van der Waals surface area contributed by atoms with Crippen molar-refractivity contribution in [3.63, 3.8) is 0 Å². The van der Waals surface area contributed by atoms with Crippen molar-refractivity contribution in [3.05, 3.63) is 295 Å². The standard InChI is InChI=1S/C67H45NO2/c1-6-20-47(21-7-1)55-40-39-54(43-58(55)48-22-8-2-9-23-48)68(53-28-14-5-15-29-53)62-33-19-17-30-56(62)49-36-34-46(35-37-49)50-38-41-63-64(42-50)70-66-45-61-59(44-65(66)69-63)57-31-16-18-32-60(57)67(61,51-24-10-3-11-25-51)52-26-12-4-13-27-52/h1-45H. The molecule has 11 aromatic rings. The molecule has 70 heavy (non-hydrogen) atoms. The molecule has 0 saturated heterocycles. The lowest BCUT2D eigenvalue weighted by atomic mass is 9.67. The highest BCUT2D eigenvalue weighted by Crippen LogP contribution is 2.60. The van der Waals surface area contributed by atoms with Gasteiger partial charge < -0.3 is 14.4 Å². The molecular formula is C67H45NO2. The zero-order valence-electron chi connectivity index (χ0n) is 38.2. The molecule has 0 bridgehead atoms. The number of hydrogen-bond donors (Lipinski definition) is 0. The van der Waals surface area contributed by atoms with Crippen LogP contribution in [0.15, 0.2) is 273 Å². The van der Waals surface area contributed by atoms with Crippen molar-refractivity contribution in [2.24, 2.45) is 0 Å². The summed E-state index contributed by atoms with van der Waals surface area (Å²) in [4.78, 5) is 2.38. The first-order chi connectivity index (χ1) is 34.7. The lowest BCUT2D eigenvalue weighted by molar-refractivity contribution is 0.359. The van der Waals surface area contributed by atoms with Crippen molar-refractivity contribution in [1.82, 2.24) is 0 Å². The van der Waals surface area contributed by atoms with Gasteiger partial charge in [0.15, 0.2) is 23.0 Å². The van der Waals surface area contributed by atoms with Crippen LogP contribution in [0.1, 0.15) is 22.3 Å². The summed E-state index contributed by atoms with van der Waals surface area (Å²) in [6.07, 6.45) is 0. The van der Waals surface area contributed by atoms with E-state index in [1.165, 1.54) is 50.1 Å². The lowest BCUT2D eigenvalue weighted by Crippen LogP contribution is -2.28. The first kappa shape index (κ1) is 41.0. The molecule has 0 spiro atoms. The summed E-state index contributed by atoms with van der Waals surface area (Å²) >= 11 is 0. The molecule has 1 aliphatic heterocycles. The normalized spacial score (nSPS) is 12.6. The van der Waals surface area contributed by atoms with Crippen LogP contribution in [0.25, 0.3) is 55.6 Å². The quantitative estimate of drug-likeness (QED) is 0.144. The molecule has 1 heterocycles. The van der Waals surface area contributed by atoms with Crippen LogP contribution in [0.5, 0.6) is 23.0 Å². The molecule has 0 atom stereocenters. The van der Waals surface area contributed by atoms with E-state index in [9.17, 15) is 0 Å². The predicted octanol–water partition coefficient (Wildman–Crippen LogP) is 18.1. The first-order valence-electron chi connectivity index (χ1n) is 23.9. The Bertz CT molecular complexity index is 3650. The second-order valence-corrected chi connectivity index (χ2v) is 18.0. The minimum Gasteiger partial charge on any atom is -0.449 e. The Labute approximate surface area is 408 Å². The number of rotatable bonds is 9. The summed E-state index contributed by atoms with van der Waals surface area (Å²) in [5, 5.41) is 0. The van der Waals surface area contributed by atoms with E-state index in [4.69, 9.17) is 9.47 Å². The second-order valence-electron chi connectivity index (χ2n) is 18.0. The Kier molecular flexibility index (Phi) is 10.1. The molecule has 0 aromatic heterocycles. The van der Waals surface area contributed by atoms with E-state index in [1.807, 2.05) is 6.07 Å². The topological polar surface area (TPSA) is 21.7 Å². The maximum atomic E-state index is 6.89. The average Bonchev–Trinajstić information content (AvgIpc) is 3.73. The Hall–Kier alpha value is -9.18. The monoisotopic (exact) mass is 895 g/mol. The molecule has 13 rings (SSSR count). The predicted molar refractivity (Wildman–Crippen MR) is 287 cm³/mol. The van der Waals surface area contributed by atoms with Gasteiger partial charge in [-0.15, -0.1) is 0 Å². The summed E-state index contributed by atoms with van der Waals surface area (Å²) in [5.74, 6) is 2.79. The molecular weight excluding hydrogens is 851 g/mol. The van der Waals surface area contributed by atoms with Crippen molar-refractivity contribution in [2.45, 2.75) is 5.41 Å². The Balaban J connectivity index is 0.854. The number of ether oxygens (including phenoxy) is 2. The molecule has 3 heteroatoms. The molecule has 3 nitrogen and oxygen atoms in total. The highest BCUT2D eigenvalue weighted by Gasteiger charge is 2.47. The molecule has 2 aliphatic rings. The highest BCUT2D eigenvalue weighted by atomic mass is 16.6. The van der Waals surface area contributed by atoms with Crippen LogP contribution >= 0.6 is 0 Å². The second kappa shape index (κ2) is 17.2. The van der Waals surface area contributed by atoms with Crippen LogP contribution in [0.3, 0.4) is 0 Å². The summed E-state index contributed by atoms with van der Waals surface area (Å²) in [7, 11) is 0. The molecule has 0 amide bonds. The van der Waals surface area contributed by atoms with Crippen LogP contribution in [0, 0.1) is 0 Å². The van der Waals surface area contributed by atoms with Gasteiger partial charge >= 0.3 is 0 Å². The van der Waals surface area contributed by atoms with Crippen molar-refractivity contribution in [2.75, 3.05) is 4.90 Å². The van der Waals surface area contributed by atoms with Crippen molar-refractivity contribution >= 4 is 17.1 Å². The van der Waals surface area contributed by atoms with Crippen LogP contribution in [-0.2, 0) is 5.41 Å². The third-order valence-corrected chi connectivity index (χ3v) is 14.0. The third-order valence-electron chi connectivity index (χ3n) is 14.0. The van der Waals surface area contributed by atoms with Crippen LogP contribution < -0.4 is 14.4 Å².